The van der Waals surface area contributed by atoms with Gasteiger partial charge in [-0.1, -0.05) is 39.0 Å². The molecule has 0 aliphatic heterocycles. The van der Waals surface area contributed by atoms with Crippen LogP contribution in [0.3, 0.4) is 0 Å². The summed E-state index contributed by atoms with van der Waals surface area (Å²) in [4.78, 5) is 15.6. The number of hydrogen-bond acceptors (Lipinski definition) is 5. The molecule has 1 N–H and O–H groups in total. The van der Waals surface area contributed by atoms with E-state index in [0.717, 1.165) is 22.9 Å². The first-order valence-electron chi connectivity index (χ1n) is 13.0. The lowest BCUT2D eigenvalue weighted by Crippen LogP contribution is -2.21. The number of fused-ring (bicyclic) bond motifs is 2. The molecule has 39 heavy (non-hydrogen) atoms. The molecule has 8 heteroatoms. The van der Waals surface area contributed by atoms with E-state index in [1.54, 1.807) is 25.3 Å². The third-order valence-corrected chi connectivity index (χ3v) is 8.05. The summed E-state index contributed by atoms with van der Waals surface area (Å²) < 4.78 is 47.7. The van der Waals surface area contributed by atoms with Crippen LogP contribution in [-0.2, 0) is 28.0 Å². The van der Waals surface area contributed by atoms with E-state index in [1.165, 1.54) is 7.11 Å². The van der Waals surface area contributed by atoms with Gasteiger partial charge in [-0.05, 0) is 59.1 Å². The van der Waals surface area contributed by atoms with Crippen molar-refractivity contribution in [1.82, 2.24) is 4.98 Å². The molecule has 1 aromatic heterocycles. The molecule has 2 aromatic carbocycles. The minimum absolute atomic E-state index is 0.0705. The molecule has 0 amide bonds. The minimum atomic E-state index is -0.879. The maximum absolute atomic E-state index is 15.7. The van der Waals surface area contributed by atoms with Gasteiger partial charge >= 0.3 is 5.97 Å². The Morgan fingerprint density at radius 2 is 1.92 bits per heavy atom. The Labute approximate surface area is 226 Å². The monoisotopic (exact) mass is 537 g/mol. The number of carboxylic acid groups (broad SMARTS) is 1. The molecule has 0 radical (unpaired) electrons. The molecule has 206 valence electrons. The Morgan fingerprint density at radius 3 is 2.56 bits per heavy atom. The molecule has 1 spiro atoms. The van der Waals surface area contributed by atoms with Crippen LogP contribution in [0.4, 0.5) is 8.78 Å². The van der Waals surface area contributed by atoms with E-state index in [4.69, 9.17) is 14.2 Å². The van der Waals surface area contributed by atoms with Gasteiger partial charge in [0.2, 0.25) is 5.88 Å². The number of ether oxygens (including phenoxy) is 3. The topological polar surface area (TPSA) is 77.9 Å². The van der Waals surface area contributed by atoms with Crippen LogP contribution >= 0.6 is 0 Å². The van der Waals surface area contributed by atoms with Crippen LogP contribution in [0, 0.1) is 23.0 Å². The van der Waals surface area contributed by atoms with Crippen molar-refractivity contribution in [2.75, 3.05) is 14.2 Å². The molecule has 1 heterocycles. The zero-order chi connectivity index (χ0) is 28.1. The summed E-state index contributed by atoms with van der Waals surface area (Å²) in [5, 5.41) is 9.52. The van der Waals surface area contributed by atoms with E-state index in [0.29, 0.717) is 41.8 Å². The van der Waals surface area contributed by atoms with Crippen molar-refractivity contribution in [3.05, 3.63) is 76.5 Å². The zero-order valence-corrected chi connectivity index (χ0v) is 22.8. The van der Waals surface area contributed by atoms with Crippen LogP contribution in [0.25, 0.3) is 11.1 Å². The number of aliphatic carboxylic acids is 1. The van der Waals surface area contributed by atoms with Gasteiger partial charge in [-0.2, -0.15) is 0 Å². The number of aryl methyl sites for hydroxylation is 1. The second-order valence-electron chi connectivity index (χ2n) is 11.6. The maximum Gasteiger partial charge on any atom is 0.307 e. The van der Waals surface area contributed by atoms with E-state index in [2.05, 4.69) is 4.98 Å². The van der Waals surface area contributed by atoms with E-state index in [1.807, 2.05) is 39.0 Å². The molecule has 5 rings (SSSR count). The average molecular weight is 538 g/mol. The third kappa shape index (κ3) is 4.75. The largest absolute Gasteiger partial charge is 0.486 e. The Balaban J connectivity index is 1.48. The lowest BCUT2D eigenvalue weighted by Gasteiger charge is -2.32. The maximum atomic E-state index is 15.7. The summed E-state index contributed by atoms with van der Waals surface area (Å²) in [5.41, 5.74) is 2.91. The highest BCUT2D eigenvalue weighted by atomic mass is 19.1. The number of rotatable bonds is 8. The highest BCUT2D eigenvalue weighted by Crippen LogP contribution is 2.62. The number of methoxy groups -OCH3 is 2. The summed E-state index contributed by atoms with van der Waals surface area (Å²) in [6.07, 6.45) is 2.52. The molecule has 1 saturated carbocycles. The van der Waals surface area contributed by atoms with Gasteiger partial charge in [0.25, 0.3) is 0 Å². The predicted molar refractivity (Wildman–Crippen MR) is 142 cm³/mol. The van der Waals surface area contributed by atoms with Crippen molar-refractivity contribution in [2.45, 2.75) is 58.2 Å². The lowest BCUT2D eigenvalue weighted by molar-refractivity contribution is -0.139. The first-order chi connectivity index (χ1) is 18.5. The molecule has 3 aromatic rings. The van der Waals surface area contributed by atoms with E-state index < -0.39 is 28.9 Å². The Kier molecular flexibility index (Phi) is 6.87. The van der Waals surface area contributed by atoms with Crippen molar-refractivity contribution in [3.8, 4) is 22.8 Å². The second-order valence-corrected chi connectivity index (χ2v) is 11.6. The number of nitrogens with zero attached hydrogens (tertiary/aromatic N) is 1. The van der Waals surface area contributed by atoms with Crippen LogP contribution in [0.15, 0.2) is 42.6 Å². The van der Waals surface area contributed by atoms with E-state index >= 15 is 4.39 Å². The van der Waals surface area contributed by atoms with E-state index in [9.17, 15) is 14.3 Å². The van der Waals surface area contributed by atoms with Gasteiger partial charge in [-0.15, -0.1) is 0 Å². The SMILES string of the molecule is COc1cc(-c2ccc(COc3ccc4c(c3F)[C@@]3(CC4)C[C@@H]3C(=O)O)cc2C(OC)C(C)(C)C)c(F)cn1. The number of carboxylic acids is 1. The minimum Gasteiger partial charge on any atom is -0.486 e. The summed E-state index contributed by atoms with van der Waals surface area (Å²) in [6.45, 7) is 6.18. The fraction of sp³-hybridized carbons (Fsp3) is 0.419. The van der Waals surface area contributed by atoms with Crippen LogP contribution in [0.5, 0.6) is 11.6 Å². The molecular weight excluding hydrogens is 504 g/mol. The Hall–Kier alpha value is -3.52. The molecule has 6 nitrogen and oxygen atoms in total. The second kappa shape index (κ2) is 9.90. The van der Waals surface area contributed by atoms with Crippen molar-refractivity contribution in [3.63, 3.8) is 0 Å². The van der Waals surface area contributed by atoms with Crippen molar-refractivity contribution in [2.24, 2.45) is 11.3 Å². The quantitative estimate of drug-likeness (QED) is 0.347. The molecular formula is C31H33F2NO5. The van der Waals surface area contributed by atoms with Gasteiger partial charge in [0.15, 0.2) is 11.6 Å². The number of benzene rings is 2. The first kappa shape index (κ1) is 27.1. The zero-order valence-electron chi connectivity index (χ0n) is 22.8. The first-order valence-corrected chi connectivity index (χ1v) is 13.0. The molecule has 1 fully saturated rings. The summed E-state index contributed by atoms with van der Waals surface area (Å²) in [7, 11) is 3.09. The smallest absolute Gasteiger partial charge is 0.307 e. The Morgan fingerprint density at radius 1 is 1.15 bits per heavy atom. The Bertz CT molecular complexity index is 1430. The van der Waals surface area contributed by atoms with Gasteiger partial charge in [0.1, 0.15) is 12.4 Å². The van der Waals surface area contributed by atoms with Gasteiger partial charge in [-0.25, -0.2) is 13.8 Å². The van der Waals surface area contributed by atoms with Gasteiger partial charge in [0, 0.05) is 29.7 Å². The van der Waals surface area contributed by atoms with Gasteiger partial charge in [0.05, 0.1) is 25.3 Å². The van der Waals surface area contributed by atoms with Crippen molar-refractivity contribution in [1.29, 1.82) is 0 Å². The van der Waals surface area contributed by atoms with Crippen LogP contribution in [0.1, 0.15) is 62.0 Å². The molecule has 2 aliphatic carbocycles. The van der Waals surface area contributed by atoms with Crippen LogP contribution in [0.2, 0.25) is 0 Å². The molecule has 3 atom stereocenters. The number of hydrogen-bond donors (Lipinski definition) is 1. The lowest BCUT2D eigenvalue weighted by atomic mass is 9.81. The number of halogens is 2. The predicted octanol–water partition coefficient (Wildman–Crippen LogP) is 6.64. The normalized spacial score (nSPS) is 20.5. The fourth-order valence-corrected chi connectivity index (χ4v) is 6.13. The molecule has 0 saturated heterocycles. The standard InChI is InChI=1S/C31H33F2NO5/c1-30(2,3)28(38-5)21-12-17(6-8-19(21)20-13-25(37-4)34-15-23(20)32)16-39-24-9-7-18-10-11-31(26(18)27(24)33)14-22(31)29(35)36/h6-9,12-13,15,22,28H,10-11,14,16H2,1-5H3,(H,35,36)/t22-,28?,31+/m1/s1. The molecule has 2 aliphatic rings. The molecule has 1 unspecified atom stereocenters. The highest BCUT2D eigenvalue weighted by Gasteiger charge is 2.63. The number of carbonyl (C=O) groups is 1. The van der Waals surface area contributed by atoms with Crippen LogP contribution < -0.4 is 9.47 Å². The van der Waals surface area contributed by atoms with Gasteiger partial charge in [-0.3, -0.25) is 4.79 Å². The van der Waals surface area contributed by atoms with Crippen molar-refractivity contribution >= 4 is 5.97 Å². The number of aromatic nitrogens is 1. The van der Waals surface area contributed by atoms with Crippen molar-refractivity contribution < 1.29 is 32.9 Å². The number of pyridine rings is 1. The average Bonchev–Trinajstić information content (AvgIpc) is 3.50. The summed E-state index contributed by atoms with van der Waals surface area (Å²) in [5.74, 6) is -1.99. The fourth-order valence-electron chi connectivity index (χ4n) is 6.13. The third-order valence-electron chi connectivity index (χ3n) is 8.05. The molecule has 0 bridgehead atoms. The summed E-state index contributed by atoms with van der Waals surface area (Å²) in [6, 6.07) is 10.5. The van der Waals surface area contributed by atoms with Crippen LogP contribution in [-0.4, -0.2) is 30.3 Å². The van der Waals surface area contributed by atoms with Gasteiger partial charge < -0.3 is 19.3 Å². The highest BCUT2D eigenvalue weighted by molar-refractivity contribution is 5.78. The van der Waals surface area contributed by atoms with E-state index in [-0.39, 0.29) is 23.9 Å². The summed E-state index contributed by atoms with van der Waals surface area (Å²) >= 11 is 0.